The SMILES string of the molecule is c1ccc(-c2nc(-c3cccc(-c4cccc5c4Oc4ccccc4C54c5ccccc5-c5c(-c6ccc(-c7ccc(-c8ccc(-c9cccc%10c9Oc9ccccc9C%109c%10ccccc%10-c%10ccccc%109)cc8)nn7)c7ccccc67)cccc54)c3)nc3ccccc23)cc1. The van der Waals surface area contributed by atoms with Gasteiger partial charge in [0.25, 0.3) is 0 Å². The first kappa shape index (κ1) is 54.0. The average Bonchev–Trinajstić information content (AvgIpc) is 1.46. The third kappa shape index (κ3) is 7.69. The zero-order valence-corrected chi connectivity index (χ0v) is 51.8. The van der Waals surface area contributed by atoms with Crippen LogP contribution in [0.25, 0.3) is 122 Å². The number of hydrogen-bond acceptors (Lipinski definition) is 6. The summed E-state index contributed by atoms with van der Waals surface area (Å²) in [5.74, 6) is 4.07. The highest BCUT2D eigenvalue weighted by Gasteiger charge is 2.53. The molecular formula is C90H54N4O2. The Morgan fingerprint density at radius 2 is 0.688 bits per heavy atom. The second-order valence-electron chi connectivity index (χ2n) is 25.4. The Labute approximate surface area is 554 Å². The van der Waals surface area contributed by atoms with Crippen molar-refractivity contribution in [3.8, 4) is 124 Å². The smallest absolute Gasteiger partial charge is 0.160 e. The van der Waals surface area contributed by atoms with Crippen molar-refractivity contribution in [3.63, 3.8) is 0 Å². The van der Waals surface area contributed by atoms with Crippen LogP contribution >= 0.6 is 0 Å². The van der Waals surface area contributed by atoms with E-state index in [1.807, 2.05) is 12.1 Å². The number of ether oxygens (including phenoxy) is 2. The molecule has 96 heavy (non-hydrogen) atoms. The van der Waals surface area contributed by atoms with Gasteiger partial charge in [-0.15, -0.1) is 10.2 Å². The van der Waals surface area contributed by atoms with E-state index in [4.69, 9.17) is 29.6 Å². The minimum Gasteiger partial charge on any atom is -0.456 e. The third-order valence-corrected chi connectivity index (χ3v) is 20.6. The van der Waals surface area contributed by atoms with Crippen molar-refractivity contribution in [2.24, 2.45) is 0 Å². The van der Waals surface area contributed by atoms with Gasteiger partial charge in [0.05, 0.1) is 33.4 Å². The van der Waals surface area contributed by atoms with Crippen LogP contribution in [0.3, 0.4) is 0 Å². The van der Waals surface area contributed by atoms with Gasteiger partial charge >= 0.3 is 0 Å². The zero-order valence-electron chi connectivity index (χ0n) is 51.8. The standard InChI is InChI=1S/C90H54N4O2/c1-2-22-57(23-3-1)85-70-31-9-15-43-80(70)91-88(92-85)59-25-18-24-58(54-59)61-33-20-42-78-87(61)96-83-45-17-14-39-75(83)90(78)73-37-12-8-30-69(73)84-68(34-21-40-76(84)90)64-50-51-67(63-27-5-4-26-62(63)64)81-53-52-79(93-94-81)56-48-46-55(47-49-56)60-32-19-41-77-86(60)95-82-44-16-13-38-74(82)89(77)71-35-10-6-28-65(71)66-29-7-11-36-72(66)89/h1-54H. The molecule has 1 atom stereocenters. The van der Waals surface area contributed by atoms with Crippen LogP contribution in [-0.4, -0.2) is 20.2 Å². The maximum atomic E-state index is 7.25. The second kappa shape index (κ2) is 20.9. The summed E-state index contributed by atoms with van der Waals surface area (Å²) < 4.78 is 14.3. The first-order valence-corrected chi connectivity index (χ1v) is 32.8. The van der Waals surface area contributed by atoms with Crippen molar-refractivity contribution in [1.29, 1.82) is 0 Å². The molecule has 4 heterocycles. The fraction of sp³-hybridized carbons (Fsp3) is 0.0222. The fourth-order valence-corrected chi connectivity index (χ4v) is 16.6. The molecule has 16 aromatic rings. The van der Waals surface area contributed by atoms with E-state index in [0.717, 1.165) is 140 Å². The molecule has 2 aromatic heterocycles. The van der Waals surface area contributed by atoms with Crippen LogP contribution in [0.5, 0.6) is 23.0 Å². The fourth-order valence-electron chi connectivity index (χ4n) is 16.6. The van der Waals surface area contributed by atoms with Crippen molar-refractivity contribution >= 4 is 21.7 Å². The first-order chi connectivity index (χ1) is 47.6. The summed E-state index contributed by atoms with van der Waals surface area (Å²) >= 11 is 0. The van der Waals surface area contributed by atoms with Gasteiger partial charge < -0.3 is 9.47 Å². The second-order valence-corrected chi connectivity index (χ2v) is 25.4. The van der Waals surface area contributed by atoms with E-state index in [-0.39, 0.29) is 0 Å². The van der Waals surface area contributed by atoms with Gasteiger partial charge in [0.1, 0.15) is 23.0 Å². The van der Waals surface area contributed by atoms with Crippen molar-refractivity contribution in [2.75, 3.05) is 0 Å². The average molecular weight is 1220 g/mol. The van der Waals surface area contributed by atoms with Crippen LogP contribution in [0.1, 0.15) is 44.5 Å². The molecule has 1 unspecified atom stereocenters. The van der Waals surface area contributed by atoms with Crippen molar-refractivity contribution in [3.05, 3.63) is 372 Å². The van der Waals surface area contributed by atoms with E-state index in [9.17, 15) is 0 Å². The highest BCUT2D eigenvalue weighted by molar-refractivity contribution is 6.09. The van der Waals surface area contributed by atoms with Crippen LogP contribution < -0.4 is 9.47 Å². The van der Waals surface area contributed by atoms with Gasteiger partial charge in [-0.1, -0.05) is 291 Å². The number of hydrogen-bond donors (Lipinski definition) is 0. The van der Waals surface area contributed by atoms with Crippen LogP contribution in [0.15, 0.2) is 328 Å². The van der Waals surface area contributed by atoms with E-state index >= 15 is 0 Å². The summed E-state index contributed by atoms with van der Waals surface area (Å²) in [6, 6.07) is 117. The van der Waals surface area contributed by atoms with E-state index in [1.54, 1.807) is 0 Å². The molecule has 2 aliphatic carbocycles. The summed E-state index contributed by atoms with van der Waals surface area (Å²) in [7, 11) is 0. The Hall–Kier alpha value is -12.6. The highest BCUT2D eigenvalue weighted by Crippen LogP contribution is 2.66. The monoisotopic (exact) mass is 1220 g/mol. The molecule has 0 bridgehead atoms. The maximum absolute atomic E-state index is 7.25. The molecule has 14 aromatic carbocycles. The lowest BCUT2D eigenvalue weighted by Crippen LogP contribution is -2.32. The van der Waals surface area contributed by atoms with Crippen LogP contribution in [0.2, 0.25) is 0 Å². The van der Waals surface area contributed by atoms with E-state index in [2.05, 4.69) is 315 Å². The number of aromatic nitrogens is 4. The molecule has 6 nitrogen and oxygen atoms in total. The highest BCUT2D eigenvalue weighted by atomic mass is 16.5. The molecule has 4 aliphatic rings. The zero-order chi connectivity index (χ0) is 63.1. The molecule has 2 spiro atoms. The Morgan fingerprint density at radius 1 is 0.240 bits per heavy atom. The Bertz CT molecular complexity index is 5870. The Balaban J connectivity index is 0.657. The minimum atomic E-state index is -0.721. The number of benzene rings is 14. The van der Waals surface area contributed by atoms with E-state index in [0.29, 0.717) is 5.82 Å². The molecule has 0 saturated carbocycles. The Kier molecular flexibility index (Phi) is 11.8. The maximum Gasteiger partial charge on any atom is 0.160 e. The normalized spacial score (nSPS) is 14.5. The molecule has 0 saturated heterocycles. The van der Waals surface area contributed by atoms with Crippen molar-refractivity contribution in [1.82, 2.24) is 20.2 Å². The number of nitrogens with zero attached hydrogens (tertiary/aromatic N) is 4. The number of fused-ring (bicyclic) bond motifs is 20. The molecule has 0 amide bonds. The molecule has 6 heteroatoms. The van der Waals surface area contributed by atoms with Gasteiger partial charge in [0.15, 0.2) is 5.82 Å². The Morgan fingerprint density at radius 3 is 1.35 bits per heavy atom. The van der Waals surface area contributed by atoms with Gasteiger partial charge in [-0.2, -0.15) is 0 Å². The molecule has 0 radical (unpaired) electrons. The van der Waals surface area contributed by atoms with Gasteiger partial charge in [-0.3, -0.25) is 0 Å². The van der Waals surface area contributed by atoms with E-state index < -0.39 is 10.8 Å². The minimum absolute atomic E-state index is 0.534. The predicted octanol–water partition coefficient (Wildman–Crippen LogP) is 22.2. The predicted molar refractivity (Wildman–Crippen MR) is 385 cm³/mol. The number of rotatable bonds is 7. The summed E-state index contributed by atoms with van der Waals surface area (Å²) in [4.78, 5) is 10.4. The van der Waals surface area contributed by atoms with Gasteiger partial charge in [-0.05, 0) is 114 Å². The molecule has 2 aliphatic heterocycles. The van der Waals surface area contributed by atoms with Gasteiger partial charge in [-0.25, -0.2) is 9.97 Å². The van der Waals surface area contributed by atoms with E-state index in [1.165, 1.54) is 44.5 Å². The third-order valence-electron chi connectivity index (χ3n) is 20.6. The summed E-state index contributed by atoms with van der Waals surface area (Å²) in [5, 5.41) is 13.2. The lowest BCUT2D eigenvalue weighted by molar-refractivity contribution is 0.438. The van der Waals surface area contributed by atoms with Crippen LogP contribution in [-0.2, 0) is 10.8 Å². The summed E-state index contributed by atoms with van der Waals surface area (Å²) in [5.41, 5.74) is 26.9. The molecule has 0 fully saturated rings. The summed E-state index contributed by atoms with van der Waals surface area (Å²) in [6.45, 7) is 0. The van der Waals surface area contributed by atoms with Crippen molar-refractivity contribution < 1.29 is 9.47 Å². The largest absolute Gasteiger partial charge is 0.456 e. The van der Waals surface area contributed by atoms with Gasteiger partial charge in [0, 0.05) is 61.0 Å². The lowest BCUT2D eigenvalue weighted by atomic mass is 9.65. The summed E-state index contributed by atoms with van der Waals surface area (Å²) in [6.07, 6.45) is 0. The quantitative estimate of drug-likeness (QED) is 0.158. The molecule has 20 rings (SSSR count). The molecule has 0 N–H and O–H groups in total. The van der Waals surface area contributed by atoms with Crippen LogP contribution in [0.4, 0.5) is 0 Å². The molecular weight excluding hydrogens is 1170 g/mol. The number of para-hydroxylation sites is 5. The van der Waals surface area contributed by atoms with Crippen LogP contribution in [0, 0.1) is 0 Å². The topological polar surface area (TPSA) is 70.0 Å². The van der Waals surface area contributed by atoms with Crippen molar-refractivity contribution in [2.45, 2.75) is 10.8 Å². The molecule has 446 valence electrons. The van der Waals surface area contributed by atoms with Gasteiger partial charge in [0.2, 0.25) is 0 Å². The first-order valence-electron chi connectivity index (χ1n) is 32.8. The lowest BCUT2D eigenvalue weighted by Gasteiger charge is -2.40.